The lowest BCUT2D eigenvalue weighted by atomic mass is 10.0. The summed E-state index contributed by atoms with van der Waals surface area (Å²) < 4.78 is 27.9. The van der Waals surface area contributed by atoms with Crippen molar-refractivity contribution in [1.82, 2.24) is 10.2 Å². The number of nitrogens with one attached hydrogen (secondary N) is 1. The number of carbonyl (C=O) groups is 2. The Morgan fingerprint density at radius 3 is 2.13 bits per heavy atom. The van der Waals surface area contributed by atoms with Crippen molar-refractivity contribution >= 4 is 43.5 Å². The lowest BCUT2D eigenvalue weighted by molar-refractivity contribution is -0.140. The van der Waals surface area contributed by atoms with Crippen LogP contribution < -0.4 is 9.62 Å². The van der Waals surface area contributed by atoms with E-state index in [2.05, 4.69) is 21.2 Å². The Morgan fingerprint density at radius 2 is 1.56 bits per heavy atom. The average Bonchev–Trinajstić information content (AvgIpc) is 2.85. The molecule has 39 heavy (non-hydrogen) atoms. The molecule has 0 spiro atoms. The SMILES string of the molecule is Cc1ccc(N(CC(=O)N(Cc2ccc(Br)cc2)[C@H](Cc2ccccc2)C(=O)NC(C)C)S(C)(=O)=O)c(C)c1. The number of benzene rings is 3. The maximum atomic E-state index is 14.1. The van der Waals surface area contributed by atoms with Gasteiger partial charge in [-0.1, -0.05) is 76.1 Å². The molecular formula is C30H36BrN3O4S. The van der Waals surface area contributed by atoms with E-state index in [4.69, 9.17) is 0 Å². The van der Waals surface area contributed by atoms with E-state index in [1.165, 1.54) is 4.90 Å². The molecule has 0 unspecified atom stereocenters. The minimum Gasteiger partial charge on any atom is -0.352 e. The first-order valence-electron chi connectivity index (χ1n) is 12.8. The molecule has 0 bridgehead atoms. The molecule has 0 aliphatic carbocycles. The summed E-state index contributed by atoms with van der Waals surface area (Å²) in [5, 5.41) is 2.95. The highest BCUT2D eigenvalue weighted by Gasteiger charge is 2.33. The number of anilines is 1. The molecule has 7 nitrogen and oxygen atoms in total. The Hall–Kier alpha value is -3.17. The maximum absolute atomic E-state index is 14.1. The fourth-order valence-corrected chi connectivity index (χ4v) is 5.57. The Labute approximate surface area is 240 Å². The highest BCUT2D eigenvalue weighted by Crippen LogP contribution is 2.25. The smallest absolute Gasteiger partial charge is 0.244 e. The van der Waals surface area contributed by atoms with Crippen molar-refractivity contribution in [3.63, 3.8) is 0 Å². The predicted octanol–water partition coefficient (Wildman–Crippen LogP) is 5.00. The summed E-state index contributed by atoms with van der Waals surface area (Å²) in [6.45, 7) is 7.18. The molecule has 0 fully saturated rings. The second-order valence-corrected chi connectivity index (χ2v) is 12.9. The Balaban J connectivity index is 2.07. The number of hydrogen-bond acceptors (Lipinski definition) is 4. The van der Waals surface area contributed by atoms with E-state index in [-0.39, 0.29) is 24.9 Å². The number of carbonyl (C=O) groups excluding carboxylic acids is 2. The lowest BCUT2D eigenvalue weighted by Gasteiger charge is -2.34. The second-order valence-electron chi connectivity index (χ2n) is 10.1. The number of sulfonamides is 1. The number of aryl methyl sites for hydroxylation is 2. The number of nitrogens with zero attached hydrogens (tertiary/aromatic N) is 2. The van der Waals surface area contributed by atoms with E-state index in [1.54, 1.807) is 6.07 Å². The van der Waals surface area contributed by atoms with Gasteiger partial charge in [0.15, 0.2) is 0 Å². The molecule has 1 atom stereocenters. The van der Waals surface area contributed by atoms with Gasteiger partial charge in [0, 0.05) is 23.5 Å². The van der Waals surface area contributed by atoms with Crippen LogP contribution >= 0.6 is 15.9 Å². The molecule has 0 saturated heterocycles. The van der Waals surface area contributed by atoms with Crippen molar-refractivity contribution in [1.29, 1.82) is 0 Å². The van der Waals surface area contributed by atoms with Crippen LogP contribution in [0.5, 0.6) is 0 Å². The number of halogens is 1. The minimum absolute atomic E-state index is 0.136. The summed E-state index contributed by atoms with van der Waals surface area (Å²) in [6, 6.07) is 21.4. The summed E-state index contributed by atoms with van der Waals surface area (Å²) in [4.78, 5) is 29.1. The second kappa shape index (κ2) is 13.3. The molecule has 208 valence electrons. The van der Waals surface area contributed by atoms with Gasteiger partial charge in [-0.2, -0.15) is 0 Å². The molecule has 0 aliphatic heterocycles. The Bertz CT molecular complexity index is 1390. The lowest BCUT2D eigenvalue weighted by Crippen LogP contribution is -2.54. The third-order valence-corrected chi connectivity index (χ3v) is 7.92. The van der Waals surface area contributed by atoms with Crippen LogP contribution in [0, 0.1) is 13.8 Å². The third kappa shape index (κ3) is 8.66. The van der Waals surface area contributed by atoms with Crippen LogP contribution in [0.3, 0.4) is 0 Å². The molecule has 0 heterocycles. The van der Waals surface area contributed by atoms with Crippen molar-refractivity contribution < 1.29 is 18.0 Å². The first-order chi connectivity index (χ1) is 18.3. The Kier molecular flexibility index (Phi) is 10.3. The first kappa shape index (κ1) is 30.4. The van der Waals surface area contributed by atoms with E-state index < -0.39 is 28.5 Å². The standard InChI is InChI=1S/C30H36BrN3O4S/c1-21(2)32-30(36)28(18-24-9-7-6-8-10-24)33(19-25-12-14-26(31)15-13-25)29(35)20-34(39(5,37)38)27-16-11-22(3)17-23(27)4/h6-17,21,28H,18-20H2,1-5H3,(H,32,36)/t28-/m1/s1. The van der Waals surface area contributed by atoms with Crippen LogP contribution in [0.15, 0.2) is 77.3 Å². The number of rotatable bonds is 11. The van der Waals surface area contributed by atoms with Crippen molar-refractivity contribution in [3.05, 3.63) is 99.5 Å². The van der Waals surface area contributed by atoms with Gasteiger partial charge in [0.05, 0.1) is 11.9 Å². The Morgan fingerprint density at radius 1 is 0.923 bits per heavy atom. The van der Waals surface area contributed by atoms with E-state index >= 15 is 0 Å². The normalized spacial score (nSPS) is 12.2. The van der Waals surface area contributed by atoms with Crippen molar-refractivity contribution in [2.45, 2.75) is 52.7 Å². The van der Waals surface area contributed by atoms with Crippen LogP contribution in [0.1, 0.15) is 36.1 Å². The van der Waals surface area contributed by atoms with Gasteiger partial charge >= 0.3 is 0 Å². The van der Waals surface area contributed by atoms with Gasteiger partial charge in [0.2, 0.25) is 21.8 Å². The summed E-state index contributed by atoms with van der Waals surface area (Å²) in [6.07, 6.45) is 1.37. The molecule has 3 aromatic carbocycles. The van der Waals surface area contributed by atoms with Crippen LogP contribution in [0.2, 0.25) is 0 Å². The maximum Gasteiger partial charge on any atom is 0.244 e. The average molecular weight is 615 g/mol. The topological polar surface area (TPSA) is 86.8 Å². The van der Waals surface area contributed by atoms with Crippen LogP contribution in [0.25, 0.3) is 0 Å². The van der Waals surface area contributed by atoms with E-state index in [1.807, 2.05) is 94.4 Å². The van der Waals surface area contributed by atoms with Crippen LogP contribution in [-0.4, -0.2) is 50.0 Å². The fourth-order valence-electron chi connectivity index (χ4n) is 4.40. The zero-order valence-electron chi connectivity index (χ0n) is 23.0. The number of amides is 2. The quantitative estimate of drug-likeness (QED) is 0.330. The highest BCUT2D eigenvalue weighted by molar-refractivity contribution is 9.10. The van der Waals surface area contributed by atoms with Gasteiger partial charge in [-0.3, -0.25) is 13.9 Å². The van der Waals surface area contributed by atoms with Crippen LogP contribution in [-0.2, 0) is 32.6 Å². The zero-order chi connectivity index (χ0) is 28.7. The van der Waals surface area contributed by atoms with E-state index in [0.29, 0.717) is 5.69 Å². The van der Waals surface area contributed by atoms with Gasteiger partial charge in [-0.15, -0.1) is 0 Å². The molecule has 9 heteroatoms. The summed E-state index contributed by atoms with van der Waals surface area (Å²) >= 11 is 3.44. The molecule has 0 aromatic heterocycles. The molecule has 3 aromatic rings. The molecule has 0 saturated carbocycles. The largest absolute Gasteiger partial charge is 0.352 e. The minimum atomic E-state index is -3.81. The van der Waals surface area contributed by atoms with E-state index in [9.17, 15) is 18.0 Å². The van der Waals surface area contributed by atoms with Crippen molar-refractivity contribution in [2.75, 3.05) is 17.1 Å². The van der Waals surface area contributed by atoms with Gasteiger partial charge in [-0.25, -0.2) is 8.42 Å². The van der Waals surface area contributed by atoms with Gasteiger partial charge in [-0.05, 0) is 62.6 Å². The monoisotopic (exact) mass is 613 g/mol. The fraction of sp³-hybridized carbons (Fsp3) is 0.333. The predicted molar refractivity (Wildman–Crippen MR) is 160 cm³/mol. The first-order valence-corrected chi connectivity index (χ1v) is 15.4. The molecule has 0 radical (unpaired) electrons. The van der Waals surface area contributed by atoms with Gasteiger partial charge < -0.3 is 10.2 Å². The van der Waals surface area contributed by atoms with Gasteiger partial charge in [0.1, 0.15) is 12.6 Å². The van der Waals surface area contributed by atoms with E-state index in [0.717, 1.165) is 37.3 Å². The molecular weight excluding hydrogens is 578 g/mol. The third-order valence-electron chi connectivity index (χ3n) is 6.27. The van der Waals surface area contributed by atoms with Crippen molar-refractivity contribution in [2.24, 2.45) is 0 Å². The molecule has 1 N–H and O–H groups in total. The summed E-state index contributed by atoms with van der Waals surface area (Å²) in [5.41, 5.74) is 3.88. The number of hydrogen-bond donors (Lipinski definition) is 1. The zero-order valence-corrected chi connectivity index (χ0v) is 25.4. The summed E-state index contributed by atoms with van der Waals surface area (Å²) in [5.74, 6) is -0.764. The van der Waals surface area contributed by atoms with Gasteiger partial charge in [0.25, 0.3) is 0 Å². The summed E-state index contributed by atoms with van der Waals surface area (Å²) in [7, 11) is -3.81. The highest BCUT2D eigenvalue weighted by atomic mass is 79.9. The van der Waals surface area contributed by atoms with Crippen molar-refractivity contribution in [3.8, 4) is 0 Å². The molecule has 2 amide bonds. The molecule has 3 rings (SSSR count). The van der Waals surface area contributed by atoms with Crippen LogP contribution in [0.4, 0.5) is 5.69 Å². The molecule has 0 aliphatic rings.